The highest BCUT2D eigenvalue weighted by Crippen LogP contribution is 2.26. The van der Waals surface area contributed by atoms with Gasteiger partial charge in [0, 0.05) is 43.9 Å². The van der Waals surface area contributed by atoms with E-state index in [-0.39, 0.29) is 11.8 Å². The Bertz CT molecular complexity index is 685. The minimum absolute atomic E-state index is 0.0434. The lowest BCUT2D eigenvalue weighted by Crippen LogP contribution is -2.35. The molecule has 0 saturated carbocycles. The number of fused-ring (bicyclic) bond motifs is 1. The molecule has 0 saturated heterocycles. The van der Waals surface area contributed by atoms with Crippen LogP contribution >= 0.6 is 0 Å². The summed E-state index contributed by atoms with van der Waals surface area (Å²) in [5, 5.41) is 3.01. The summed E-state index contributed by atoms with van der Waals surface area (Å²) in [4.78, 5) is 29.4. The molecule has 0 radical (unpaired) electrons. The van der Waals surface area contributed by atoms with E-state index in [4.69, 9.17) is 0 Å². The Balaban J connectivity index is 2.40. The van der Waals surface area contributed by atoms with Gasteiger partial charge in [0.2, 0.25) is 5.91 Å². The number of hydrogen-bond acceptors (Lipinski definition) is 3. The molecule has 0 spiro atoms. The summed E-state index contributed by atoms with van der Waals surface area (Å²) in [6.45, 7) is 13.4. The quantitative estimate of drug-likeness (QED) is 0.802. The van der Waals surface area contributed by atoms with Gasteiger partial charge in [-0.25, -0.2) is 0 Å². The summed E-state index contributed by atoms with van der Waals surface area (Å²) in [5.41, 5.74) is 2.68. The standard InChI is InChI=1S/C24H39N3O2/c1-18(2)16-25-24(29)21-11-12-23-22(15-21)17-26(19(3)4)13-9-7-6-8-10-14-27(23)20(5)28/h11-12,15,18-19H,6-10,13-14,16-17H2,1-5H3,(H,25,29). The number of nitrogens with zero attached hydrogens (tertiary/aromatic N) is 2. The van der Waals surface area contributed by atoms with E-state index in [1.807, 2.05) is 23.1 Å². The number of carbonyl (C=O) groups excluding carboxylic acids is 2. The Labute approximate surface area is 176 Å². The first kappa shape index (κ1) is 23.4. The second-order valence-corrected chi connectivity index (χ2v) is 8.95. The fraction of sp³-hybridized carbons (Fsp3) is 0.667. The van der Waals surface area contributed by atoms with E-state index < -0.39 is 0 Å². The number of hydrogen-bond donors (Lipinski definition) is 1. The number of benzene rings is 1. The number of nitrogens with one attached hydrogen (secondary N) is 1. The minimum Gasteiger partial charge on any atom is -0.352 e. The first-order valence-corrected chi connectivity index (χ1v) is 11.2. The monoisotopic (exact) mass is 401 g/mol. The zero-order chi connectivity index (χ0) is 21.4. The fourth-order valence-corrected chi connectivity index (χ4v) is 3.82. The third-order valence-corrected chi connectivity index (χ3v) is 5.61. The van der Waals surface area contributed by atoms with Gasteiger partial charge in [0.15, 0.2) is 0 Å². The number of anilines is 1. The van der Waals surface area contributed by atoms with Gasteiger partial charge in [-0.1, -0.05) is 33.1 Å². The van der Waals surface area contributed by atoms with Crippen molar-refractivity contribution in [2.24, 2.45) is 5.92 Å². The van der Waals surface area contributed by atoms with Crippen LogP contribution in [0.15, 0.2) is 18.2 Å². The molecule has 1 aromatic carbocycles. The molecular weight excluding hydrogens is 362 g/mol. The Morgan fingerprint density at radius 1 is 1.00 bits per heavy atom. The topological polar surface area (TPSA) is 52.7 Å². The zero-order valence-electron chi connectivity index (χ0n) is 19.0. The molecule has 1 aliphatic rings. The van der Waals surface area contributed by atoms with E-state index in [1.165, 1.54) is 19.3 Å². The summed E-state index contributed by atoms with van der Waals surface area (Å²) in [7, 11) is 0. The first-order valence-electron chi connectivity index (χ1n) is 11.2. The van der Waals surface area contributed by atoms with Crippen LogP contribution in [0.5, 0.6) is 0 Å². The molecule has 29 heavy (non-hydrogen) atoms. The van der Waals surface area contributed by atoms with Crippen LogP contribution in [0.2, 0.25) is 0 Å². The third kappa shape index (κ3) is 7.14. The molecule has 0 bridgehead atoms. The molecule has 1 aliphatic heterocycles. The predicted molar refractivity (Wildman–Crippen MR) is 120 cm³/mol. The smallest absolute Gasteiger partial charge is 0.251 e. The van der Waals surface area contributed by atoms with E-state index >= 15 is 0 Å². The van der Waals surface area contributed by atoms with E-state index in [1.54, 1.807) is 6.92 Å². The molecule has 5 nitrogen and oxygen atoms in total. The highest BCUT2D eigenvalue weighted by molar-refractivity contribution is 5.97. The van der Waals surface area contributed by atoms with E-state index in [9.17, 15) is 9.59 Å². The second-order valence-electron chi connectivity index (χ2n) is 8.95. The zero-order valence-corrected chi connectivity index (χ0v) is 19.0. The Kier molecular flexibility index (Phi) is 9.15. The van der Waals surface area contributed by atoms with Gasteiger partial charge in [-0.05, 0) is 62.9 Å². The molecule has 1 aromatic rings. The van der Waals surface area contributed by atoms with E-state index in [0.717, 1.165) is 43.7 Å². The molecular formula is C24H39N3O2. The SMILES string of the molecule is CC(=O)N1CCCCCCCN(C(C)C)Cc2cc(C(=O)NCC(C)C)ccc21. The molecule has 2 amide bonds. The van der Waals surface area contributed by atoms with E-state index in [0.29, 0.717) is 24.1 Å². The maximum atomic E-state index is 12.6. The van der Waals surface area contributed by atoms with Crippen LogP contribution in [-0.4, -0.2) is 42.4 Å². The van der Waals surface area contributed by atoms with Crippen molar-refractivity contribution in [3.05, 3.63) is 29.3 Å². The number of carbonyl (C=O) groups is 2. The molecule has 2 rings (SSSR count). The van der Waals surface area contributed by atoms with Crippen molar-refractivity contribution >= 4 is 17.5 Å². The highest BCUT2D eigenvalue weighted by Gasteiger charge is 2.20. The molecule has 0 aliphatic carbocycles. The Hall–Kier alpha value is -1.88. The second kappa shape index (κ2) is 11.3. The van der Waals surface area contributed by atoms with Crippen LogP contribution in [0.25, 0.3) is 0 Å². The lowest BCUT2D eigenvalue weighted by molar-refractivity contribution is -0.116. The summed E-state index contributed by atoms with van der Waals surface area (Å²) in [6, 6.07) is 6.22. The summed E-state index contributed by atoms with van der Waals surface area (Å²) < 4.78 is 0. The lowest BCUT2D eigenvalue weighted by Gasteiger charge is -2.31. The van der Waals surface area contributed by atoms with Gasteiger partial charge in [0.25, 0.3) is 5.91 Å². The van der Waals surface area contributed by atoms with Gasteiger partial charge in [0.05, 0.1) is 0 Å². The number of rotatable bonds is 4. The van der Waals surface area contributed by atoms with Gasteiger partial charge >= 0.3 is 0 Å². The van der Waals surface area contributed by atoms with Crippen molar-refractivity contribution in [3.63, 3.8) is 0 Å². The van der Waals surface area contributed by atoms with Gasteiger partial charge < -0.3 is 10.2 Å². The van der Waals surface area contributed by atoms with Crippen molar-refractivity contribution in [1.82, 2.24) is 10.2 Å². The normalized spacial score (nSPS) is 16.9. The maximum Gasteiger partial charge on any atom is 0.251 e. The maximum absolute atomic E-state index is 12.6. The molecule has 0 unspecified atom stereocenters. The van der Waals surface area contributed by atoms with Crippen LogP contribution in [0, 0.1) is 5.92 Å². The average Bonchev–Trinajstić information content (AvgIpc) is 2.65. The largest absolute Gasteiger partial charge is 0.352 e. The van der Waals surface area contributed by atoms with Crippen LogP contribution < -0.4 is 10.2 Å². The van der Waals surface area contributed by atoms with Crippen LogP contribution in [0.1, 0.15) is 82.6 Å². The van der Waals surface area contributed by atoms with Gasteiger partial charge in [0.1, 0.15) is 0 Å². The van der Waals surface area contributed by atoms with Crippen molar-refractivity contribution in [2.75, 3.05) is 24.5 Å². The summed E-state index contributed by atoms with van der Waals surface area (Å²) in [6.07, 6.45) is 5.81. The van der Waals surface area contributed by atoms with Gasteiger partial charge in [-0.15, -0.1) is 0 Å². The fourth-order valence-electron chi connectivity index (χ4n) is 3.82. The highest BCUT2D eigenvalue weighted by atomic mass is 16.2. The predicted octanol–water partition coefficient (Wildman–Crippen LogP) is 4.60. The van der Waals surface area contributed by atoms with Crippen LogP contribution in [-0.2, 0) is 11.3 Å². The first-order chi connectivity index (χ1) is 13.8. The molecule has 1 N–H and O–H groups in total. The minimum atomic E-state index is -0.0434. The Morgan fingerprint density at radius 2 is 1.66 bits per heavy atom. The third-order valence-electron chi connectivity index (χ3n) is 5.61. The van der Waals surface area contributed by atoms with Crippen molar-refractivity contribution in [1.29, 1.82) is 0 Å². The molecule has 5 heteroatoms. The molecule has 0 fully saturated rings. The van der Waals surface area contributed by atoms with Crippen molar-refractivity contribution in [2.45, 2.75) is 79.3 Å². The molecule has 0 atom stereocenters. The van der Waals surface area contributed by atoms with Crippen molar-refractivity contribution < 1.29 is 9.59 Å². The van der Waals surface area contributed by atoms with Gasteiger partial charge in [-0.2, -0.15) is 0 Å². The molecule has 162 valence electrons. The van der Waals surface area contributed by atoms with E-state index in [2.05, 4.69) is 37.9 Å². The molecule has 0 aromatic heterocycles. The Morgan fingerprint density at radius 3 is 2.28 bits per heavy atom. The van der Waals surface area contributed by atoms with Crippen LogP contribution in [0.3, 0.4) is 0 Å². The summed E-state index contributed by atoms with van der Waals surface area (Å²) >= 11 is 0. The number of amides is 2. The summed E-state index contributed by atoms with van der Waals surface area (Å²) in [5.74, 6) is 0.433. The van der Waals surface area contributed by atoms with Gasteiger partial charge in [-0.3, -0.25) is 14.5 Å². The average molecular weight is 402 g/mol. The van der Waals surface area contributed by atoms with Crippen LogP contribution in [0.4, 0.5) is 5.69 Å². The van der Waals surface area contributed by atoms with Crippen molar-refractivity contribution in [3.8, 4) is 0 Å². The molecule has 1 heterocycles. The lowest BCUT2D eigenvalue weighted by atomic mass is 10.0.